The van der Waals surface area contributed by atoms with Crippen LogP contribution in [0.5, 0.6) is 0 Å². The summed E-state index contributed by atoms with van der Waals surface area (Å²) in [5.41, 5.74) is 1.07. The Kier molecular flexibility index (Phi) is 4.52. The van der Waals surface area contributed by atoms with E-state index in [-0.39, 0.29) is 17.8 Å². The molecule has 0 bridgehead atoms. The van der Waals surface area contributed by atoms with Crippen molar-refractivity contribution in [1.82, 2.24) is 5.32 Å². The number of hydrogen-bond acceptors (Lipinski definition) is 1. The van der Waals surface area contributed by atoms with Gasteiger partial charge in [-0.1, -0.05) is 24.3 Å². The van der Waals surface area contributed by atoms with Gasteiger partial charge >= 0.3 is 0 Å². The van der Waals surface area contributed by atoms with Crippen molar-refractivity contribution in [2.75, 3.05) is 0 Å². The maximum Gasteiger partial charge on any atom is 0.251 e. The Hall–Kier alpha value is -1.43. The first-order valence-corrected chi connectivity index (χ1v) is 6.96. The van der Waals surface area contributed by atoms with E-state index in [4.69, 9.17) is 0 Å². The van der Waals surface area contributed by atoms with Crippen molar-refractivity contribution in [3.05, 3.63) is 69.0 Å². The van der Waals surface area contributed by atoms with E-state index in [0.717, 1.165) is 3.57 Å². The molecule has 1 N–H and O–H groups in total. The number of rotatable bonds is 3. The summed E-state index contributed by atoms with van der Waals surface area (Å²) in [7, 11) is 0. The molecule has 4 heteroatoms. The van der Waals surface area contributed by atoms with Crippen molar-refractivity contribution in [2.24, 2.45) is 0 Å². The second-order valence-corrected chi connectivity index (χ2v) is 5.47. The van der Waals surface area contributed by atoms with Crippen LogP contribution in [0.25, 0.3) is 0 Å². The third-order valence-electron chi connectivity index (χ3n) is 2.81. The van der Waals surface area contributed by atoms with E-state index >= 15 is 0 Å². The van der Waals surface area contributed by atoms with Gasteiger partial charge in [0, 0.05) is 14.7 Å². The summed E-state index contributed by atoms with van der Waals surface area (Å²) < 4.78 is 14.6. The highest BCUT2D eigenvalue weighted by atomic mass is 127. The fraction of sp³-hybridized carbons (Fsp3) is 0.133. The minimum atomic E-state index is -0.369. The smallest absolute Gasteiger partial charge is 0.251 e. The third kappa shape index (κ3) is 3.53. The molecule has 0 spiro atoms. The molecule has 1 unspecified atom stereocenters. The first-order valence-electron chi connectivity index (χ1n) is 5.89. The highest BCUT2D eigenvalue weighted by molar-refractivity contribution is 14.1. The fourth-order valence-electron chi connectivity index (χ4n) is 1.81. The van der Waals surface area contributed by atoms with E-state index in [1.54, 1.807) is 37.3 Å². The molecule has 0 saturated carbocycles. The normalized spacial score (nSPS) is 11.9. The molecule has 0 saturated heterocycles. The molecule has 0 aliphatic carbocycles. The van der Waals surface area contributed by atoms with E-state index in [9.17, 15) is 9.18 Å². The van der Waals surface area contributed by atoms with Crippen molar-refractivity contribution < 1.29 is 9.18 Å². The molecule has 2 rings (SSSR count). The Morgan fingerprint density at radius 3 is 2.63 bits per heavy atom. The molecule has 0 aliphatic heterocycles. The maximum absolute atomic E-state index is 13.6. The number of carbonyl (C=O) groups excluding carboxylic acids is 1. The SMILES string of the molecule is CC(NC(=O)c1cccc(I)c1)c1ccccc1F. The number of nitrogens with one attached hydrogen (secondary N) is 1. The standard InChI is InChI=1S/C15H13FINO/c1-10(13-7-2-3-8-14(13)16)18-15(19)11-5-4-6-12(17)9-11/h2-10H,1H3,(H,18,19). The van der Waals surface area contributed by atoms with Crippen LogP contribution in [-0.2, 0) is 0 Å². The van der Waals surface area contributed by atoms with Crippen LogP contribution in [-0.4, -0.2) is 5.91 Å². The van der Waals surface area contributed by atoms with Crippen molar-refractivity contribution in [2.45, 2.75) is 13.0 Å². The molecule has 2 nitrogen and oxygen atoms in total. The Morgan fingerprint density at radius 2 is 1.95 bits per heavy atom. The highest BCUT2D eigenvalue weighted by Crippen LogP contribution is 2.17. The van der Waals surface area contributed by atoms with E-state index in [0.29, 0.717) is 11.1 Å². The summed E-state index contributed by atoms with van der Waals surface area (Å²) in [5, 5.41) is 2.80. The zero-order valence-electron chi connectivity index (χ0n) is 10.4. The van der Waals surface area contributed by atoms with Crippen LogP contribution in [0.15, 0.2) is 48.5 Å². The van der Waals surface area contributed by atoms with Crippen LogP contribution >= 0.6 is 22.6 Å². The van der Waals surface area contributed by atoms with Crippen LogP contribution in [0.2, 0.25) is 0 Å². The number of halogens is 2. The zero-order chi connectivity index (χ0) is 13.8. The largest absolute Gasteiger partial charge is 0.345 e. The van der Waals surface area contributed by atoms with Gasteiger partial charge in [-0.3, -0.25) is 4.79 Å². The summed E-state index contributed by atoms with van der Waals surface area (Å²) in [6.45, 7) is 1.77. The lowest BCUT2D eigenvalue weighted by molar-refractivity contribution is 0.0939. The molecule has 0 radical (unpaired) electrons. The molecule has 98 valence electrons. The highest BCUT2D eigenvalue weighted by Gasteiger charge is 2.14. The molecule has 2 aromatic carbocycles. The van der Waals surface area contributed by atoms with Crippen LogP contribution in [0.1, 0.15) is 28.9 Å². The number of carbonyl (C=O) groups is 1. The Balaban J connectivity index is 2.13. The molecule has 0 aromatic heterocycles. The van der Waals surface area contributed by atoms with Gasteiger partial charge in [0.05, 0.1) is 6.04 Å². The Bertz CT molecular complexity index is 600. The zero-order valence-corrected chi connectivity index (χ0v) is 12.5. The van der Waals surface area contributed by atoms with Gasteiger partial charge in [0.25, 0.3) is 5.91 Å². The number of hydrogen-bond donors (Lipinski definition) is 1. The van der Waals surface area contributed by atoms with Gasteiger partial charge in [0.2, 0.25) is 0 Å². The van der Waals surface area contributed by atoms with E-state index in [1.807, 2.05) is 12.1 Å². The van der Waals surface area contributed by atoms with Gasteiger partial charge in [-0.2, -0.15) is 0 Å². The molecule has 0 heterocycles. The van der Waals surface area contributed by atoms with Crippen molar-refractivity contribution in [3.8, 4) is 0 Å². The van der Waals surface area contributed by atoms with E-state index in [2.05, 4.69) is 27.9 Å². The van der Waals surface area contributed by atoms with Crippen LogP contribution in [0.4, 0.5) is 4.39 Å². The molecular formula is C15H13FINO. The summed E-state index contributed by atoms with van der Waals surface area (Å²) in [6, 6.07) is 13.4. The number of benzene rings is 2. The second kappa shape index (κ2) is 6.14. The third-order valence-corrected chi connectivity index (χ3v) is 3.48. The molecule has 1 amide bonds. The monoisotopic (exact) mass is 369 g/mol. The molecule has 19 heavy (non-hydrogen) atoms. The average Bonchev–Trinajstić information content (AvgIpc) is 2.39. The lowest BCUT2D eigenvalue weighted by atomic mass is 10.1. The minimum Gasteiger partial charge on any atom is -0.345 e. The Labute approximate surface area is 125 Å². The maximum atomic E-state index is 13.6. The molecule has 0 fully saturated rings. The Morgan fingerprint density at radius 1 is 1.21 bits per heavy atom. The first-order chi connectivity index (χ1) is 9.08. The van der Waals surface area contributed by atoms with Gasteiger partial charge in [0.1, 0.15) is 5.82 Å². The van der Waals surface area contributed by atoms with Gasteiger partial charge in [-0.15, -0.1) is 0 Å². The van der Waals surface area contributed by atoms with Crippen molar-refractivity contribution in [3.63, 3.8) is 0 Å². The lowest BCUT2D eigenvalue weighted by Crippen LogP contribution is -2.27. The van der Waals surface area contributed by atoms with Gasteiger partial charge < -0.3 is 5.32 Å². The fourth-order valence-corrected chi connectivity index (χ4v) is 2.36. The summed E-state index contributed by atoms with van der Waals surface area (Å²) in [6.07, 6.45) is 0. The predicted octanol–water partition coefficient (Wildman–Crippen LogP) is 3.92. The summed E-state index contributed by atoms with van der Waals surface area (Å²) in [5.74, 6) is -0.507. The van der Waals surface area contributed by atoms with Crippen LogP contribution in [0.3, 0.4) is 0 Å². The quantitative estimate of drug-likeness (QED) is 0.817. The van der Waals surface area contributed by atoms with Crippen LogP contribution in [0, 0.1) is 9.39 Å². The second-order valence-electron chi connectivity index (χ2n) is 4.23. The minimum absolute atomic E-state index is 0.200. The van der Waals surface area contributed by atoms with Crippen molar-refractivity contribution >= 4 is 28.5 Å². The number of amides is 1. The summed E-state index contributed by atoms with van der Waals surface area (Å²) >= 11 is 2.15. The topological polar surface area (TPSA) is 29.1 Å². The van der Waals surface area contributed by atoms with E-state index in [1.165, 1.54) is 6.07 Å². The van der Waals surface area contributed by atoms with Gasteiger partial charge in [-0.05, 0) is 53.8 Å². The molecule has 1 atom stereocenters. The molecular weight excluding hydrogens is 356 g/mol. The van der Waals surface area contributed by atoms with Crippen molar-refractivity contribution in [1.29, 1.82) is 0 Å². The molecule has 2 aromatic rings. The molecule has 0 aliphatic rings. The van der Waals surface area contributed by atoms with E-state index < -0.39 is 0 Å². The average molecular weight is 369 g/mol. The first kappa shape index (κ1) is 14.0. The van der Waals surface area contributed by atoms with Crippen LogP contribution < -0.4 is 5.32 Å². The lowest BCUT2D eigenvalue weighted by Gasteiger charge is -2.15. The summed E-state index contributed by atoms with van der Waals surface area (Å²) in [4.78, 5) is 12.1. The van der Waals surface area contributed by atoms with Gasteiger partial charge in [0.15, 0.2) is 0 Å². The predicted molar refractivity (Wildman–Crippen MR) is 81.4 cm³/mol. The van der Waals surface area contributed by atoms with Gasteiger partial charge in [-0.25, -0.2) is 4.39 Å².